The van der Waals surface area contributed by atoms with Crippen molar-refractivity contribution in [2.75, 3.05) is 36.4 Å². The first-order valence-electron chi connectivity index (χ1n) is 9.89. The van der Waals surface area contributed by atoms with Gasteiger partial charge < -0.3 is 15.1 Å². The number of rotatable bonds is 4. The van der Waals surface area contributed by atoms with E-state index in [0.717, 1.165) is 43.1 Å². The zero-order valence-electron chi connectivity index (χ0n) is 16.8. The number of hydrogen-bond donors (Lipinski definition) is 1. The molecule has 2 aromatic carbocycles. The van der Waals surface area contributed by atoms with Crippen molar-refractivity contribution in [2.45, 2.75) is 6.92 Å². The van der Waals surface area contributed by atoms with Crippen molar-refractivity contribution in [3.63, 3.8) is 0 Å². The van der Waals surface area contributed by atoms with Crippen LogP contribution in [-0.4, -0.2) is 52.9 Å². The molecule has 0 aliphatic carbocycles. The molecule has 1 aromatic heterocycles. The molecule has 3 aromatic rings. The van der Waals surface area contributed by atoms with Crippen molar-refractivity contribution in [3.05, 3.63) is 72.6 Å². The van der Waals surface area contributed by atoms with Crippen molar-refractivity contribution >= 4 is 23.2 Å². The largest absolute Gasteiger partial charge is 0.368 e. The number of anilines is 2. The summed E-state index contributed by atoms with van der Waals surface area (Å²) >= 11 is 0. The van der Waals surface area contributed by atoms with E-state index in [1.807, 2.05) is 41.3 Å². The van der Waals surface area contributed by atoms with Crippen LogP contribution in [0.4, 0.5) is 11.4 Å². The number of carbonyl (C=O) groups excluding carboxylic acids is 2. The Morgan fingerprint density at radius 2 is 1.60 bits per heavy atom. The van der Waals surface area contributed by atoms with E-state index in [0.29, 0.717) is 11.4 Å². The molecule has 1 saturated heterocycles. The van der Waals surface area contributed by atoms with Crippen LogP contribution in [0.25, 0.3) is 11.4 Å². The Morgan fingerprint density at radius 1 is 0.900 bits per heavy atom. The molecule has 1 N–H and O–H groups in total. The smallest absolute Gasteiger partial charge is 0.255 e. The molecule has 152 valence electrons. The van der Waals surface area contributed by atoms with E-state index >= 15 is 0 Å². The van der Waals surface area contributed by atoms with Gasteiger partial charge in [0.2, 0.25) is 5.91 Å². The summed E-state index contributed by atoms with van der Waals surface area (Å²) in [6, 6.07) is 16.8. The molecule has 2 heterocycles. The van der Waals surface area contributed by atoms with Crippen LogP contribution in [0.3, 0.4) is 0 Å². The summed E-state index contributed by atoms with van der Waals surface area (Å²) in [6.07, 6.45) is 3.35. The first kappa shape index (κ1) is 19.6. The summed E-state index contributed by atoms with van der Waals surface area (Å²) in [5, 5.41) is 2.94. The number of nitrogens with one attached hydrogen (secondary N) is 1. The third-order valence-electron chi connectivity index (χ3n) is 5.16. The predicted molar refractivity (Wildman–Crippen MR) is 116 cm³/mol. The molecular weight excluding hydrogens is 378 g/mol. The first-order valence-corrected chi connectivity index (χ1v) is 9.89. The van der Waals surface area contributed by atoms with Gasteiger partial charge in [-0.1, -0.05) is 12.1 Å². The van der Waals surface area contributed by atoms with Gasteiger partial charge in [-0.05, 0) is 42.5 Å². The highest BCUT2D eigenvalue weighted by molar-refractivity contribution is 6.04. The van der Waals surface area contributed by atoms with Gasteiger partial charge in [-0.15, -0.1) is 0 Å². The summed E-state index contributed by atoms with van der Waals surface area (Å²) in [6.45, 7) is 4.68. The number of nitrogens with zero attached hydrogens (tertiary/aromatic N) is 4. The van der Waals surface area contributed by atoms with Crippen molar-refractivity contribution in [1.29, 1.82) is 0 Å². The molecule has 1 fully saturated rings. The Bertz CT molecular complexity index is 1030. The van der Waals surface area contributed by atoms with Gasteiger partial charge in [0, 0.05) is 68.0 Å². The number of aromatic nitrogens is 2. The third kappa shape index (κ3) is 4.46. The van der Waals surface area contributed by atoms with Crippen LogP contribution in [0.2, 0.25) is 0 Å². The van der Waals surface area contributed by atoms with Gasteiger partial charge in [0.1, 0.15) is 0 Å². The molecule has 0 saturated carbocycles. The van der Waals surface area contributed by atoms with Crippen LogP contribution in [-0.2, 0) is 4.79 Å². The summed E-state index contributed by atoms with van der Waals surface area (Å²) in [7, 11) is 0. The number of amides is 2. The van der Waals surface area contributed by atoms with E-state index in [9.17, 15) is 9.59 Å². The lowest BCUT2D eigenvalue weighted by atomic mass is 10.1. The van der Waals surface area contributed by atoms with Crippen molar-refractivity contribution in [2.24, 2.45) is 0 Å². The molecule has 1 aliphatic rings. The molecule has 0 atom stereocenters. The fourth-order valence-corrected chi connectivity index (χ4v) is 3.49. The molecule has 1 aliphatic heterocycles. The monoisotopic (exact) mass is 401 g/mol. The molecule has 0 bridgehead atoms. The SMILES string of the molecule is CC(=O)N1CCN(c2ccc(NC(=O)c3cccc(-c4ncccn4)c3)cc2)CC1. The molecule has 7 heteroatoms. The minimum Gasteiger partial charge on any atom is -0.368 e. The highest BCUT2D eigenvalue weighted by Crippen LogP contribution is 2.21. The van der Waals surface area contributed by atoms with E-state index in [1.54, 1.807) is 37.5 Å². The predicted octanol–water partition coefficient (Wildman–Crippen LogP) is 3.06. The van der Waals surface area contributed by atoms with Gasteiger partial charge in [0.15, 0.2) is 5.82 Å². The van der Waals surface area contributed by atoms with Crippen LogP contribution >= 0.6 is 0 Å². The van der Waals surface area contributed by atoms with E-state index in [2.05, 4.69) is 20.2 Å². The van der Waals surface area contributed by atoms with E-state index in [-0.39, 0.29) is 11.8 Å². The second-order valence-electron chi connectivity index (χ2n) is 7.15. The maximum atomic E-state index is 12.7. The minimum atomic E-state index is -0.185. The van der Waals surface area contributed by atoms with Gasteiger partial charge in [0.05, 0.1) is 0 Å². The van der Waals surface area contributed by atoms with Crippen LogP contribution in [0.15, 0.2) is 67.0 Å². The quantitative estimate of drug-likeness (QED) is 0.727. The second-order valence-corrected chi connectivity index (χ2v) is 7.15. The molecule has 7 nitrogen and oxygen atoms in total. The Labute approximate surface area is 175 Å². The average molecular weight is 401 g/mol. The zero-order chi connectivity index (χ0) is 20.9. The molecule has 4 rings (SSSR count). The molecule has 30 heavy (non-hydrogen) atoms. The number of piperazine rings is 1. The van der Waals surface area contributed by atoms with Crippen LogP contribution in [0, 0.1) is 0 Å². The topological polar surface area (TPSA) is 78.4 Å². The Morgan fingerprint density at radius 3 is 2.27 bits per heavy atom. The fraction of sp³-hybridized carbons (Fsp3) is 0.217. The normalized spacial score (nSPS) is 13.8. The van der Waals surface area contributed by atoms with Gasteiger partial charge in [-0.25, -0.2) is 9.97 Å². The summed E-state index contributed by atoms with van der Waals surface area (Å²) in [5.74, 6) is 0.521. The number of hydrogen-bond acceptors (Lipinski definition) is 5. The maximum Gasteiger partial charge on any atom is 0.255 e. The summed E-state index contributed by atoms with van der Waals surface area (Å²) < 4.78 is 0. The third-order valence-corrected chi connectivity index (χ3v) is 5.16. The molecular formula is C23H23N5O2. The summed E-state index contributed by atoms with van der Waals surface area (Å²) in [4.78, 5) is 36.7. The lowest BCUT2D eigenvalue weighted by molar-refractivity contribution is -0.129. The molecule has 0 radical (unpaired) electrons. The fourth-order valence-electron chi connectivity index (χ4n) is 3.49. The van der Waals surface area contributed by atoms with Crippen molar-refractivity contribution in [3.8, 4) is 11.4 Å². The molecule has 2 amide bonds. The van der Waals surface area contributed by atoms with Gasteiger partial charge in [-0.2, -0.15) is 0 Å². The minimum absolute atomic E-state index is 0.121. The summed E-state index contributed by atoms with van der Waals surface area (Å²) in [5.41, 5.74) is 3.15. The standard InChI is InChI=1S/C23H23N5O2/c1-17(29)27-12-14-28(15-13-27)21-8-6-20(7-9-21)26-23(30)19-5-2-4-18(16-19)22-24-10-3-11-25-22/h2-11,16H,12-15H2,1H3,(H,26,30). The Hall–Kier alpha value is -3.74. The number of carbonyl (C=O) groups is 2. The Balaban J connectivity index is 1.40. The van der Waals surface area contributed by atoms with Crippen LogP contribution < -0.4 is 10.2 Å². The lowest BCUT2D eigenvalue weighted by Gasteiger charge is -2.35. The zero-order valence-corrected chi connectivity index (χ0v) is 16.8. The van der Waals surface area contributed by atoms with Crippen LogP contribution in [0.1, 0.15) is 17.3 Å². The van der Waals surface area contributed by atoms with Gasteiger partial charge in [0.25, 0.3) is 5.91 Å². The van der Waals surface area contributed by atoms with Crippen molar-refractivity contribution in [1.82, 2.24) is 14.9 Å². The van der Waals surface area contributed by atoms with Gasteiger partial charge >= 0.3 is 0 Å². The molecule has 0 unspecified atom stereocenters. The Kier molecular flexibility index (Phi) is 5.70. The van der Waals surface area contributed by atoms with E-state index in [4.69, 9.17) is 0 Å². The molecule has 0 spiro atoms. The van der Waals surface area contributed by atoms with Gasteiger partial charge in [-0.3, -0.25) is 9.59 Å². The maximum absolute atomic E-state index is 12.7. The lowest BCUT2D eigenvalue weighted by Crippen LogP contribution is -2.48. The van der Waals surface area contributed by atoms with E-state index < -0.39 is 0 Å². The second kappa shape index (κ2) is 8.73. The van der Waals surface area contributed by atoms with Crippen molar-refractivity contribution < 1.29 is 9.59 Å². The average Bonchev–Trinajstić information content (AvgIpc) is 2.80. The van der Waals surface area contributed by atoms with E-state index in [1.165, 1.54) is 0 Å². The number of benzene rings is 2. The highest BCUT2D eigenvalue weighted by Gasteiger charge is 2.18. The van der Waals surface area contributed by atoms with Crippen LogP contribution in [0.5, 0.6) is 0 Å². The highest BCUT2D eigenvalue weighted by atomic mass is 16.2. The first-order chi connectivity index (χ1) is 14.6.